The topological polar surface area (TPSA) is 91.3 Å². The molecule has 3 N–H and O–H groups in total. The number of carbonyl (C=O) groups excluding carboxylic acids is 1. The lowest BCUT2D eigenvalue weighted by Crippen LogP contribution is -2.20. The van der Waals surface area contributed by atoms with Crippen LogP contribution in [0, 0.1) is 11.3 Å². The van der Waals surface area contributed by atoms with Crippen molar-refractivity contribution in [2.24, 2.45) is 10.8 Å². The van der Waals surface area contributed by atoms with Crippen molar-refractivity contribution in [3.8, 4) is 6.07 Å². The summed E-state index contributed by atoms with van der Waals surface area (Å²) in [4.78, 5) is 10.6. The van der Waals surface area contributed by atoms with E-state index in [0.29, 0.717) is 12.3 Å². The second kappa shape index (κ2) is 5.38. The Labute approximate surface area is 64.9 Å². The van der Waals surface area contributed by atoms with E-state index in [-0.39, 0.29) is 6.42 Å². The Morgan fingerprint density at radius 1 is 1.82 bits per heavy atom. The summed E-state index contributed by atoms with van der Waals surface area (Å²) in [5.74, 6) is -0.416. The third kappa shape index (κ3) is 5.06. The van der Waals surface area contributed by atoms with Crippen molar-refractivity contribution in [2.45, 2.75) is 13.3 Å². The average Bonchev–Trinajstić information content (AvgIpc) is 2.01. The Kier molecular flexibility index (Phi) is 4.69. The molecule has 0 saturated heterocycles. The third-order valence-corrected chi connectivity index (χ3v) is 0.906. The van der Waals surface area contributed by atoms with E-state index >= 15 is 0 Å². The van der Waals surface area contributed by atoms with Gasteiger partial charge in [0.1, 0.15) is 6.42 Å². The number of nitrogens with one attached hydrogen (secondary N) is 1. The van der Waals surface area contributed by atoms with Crippen molar-refractivity contribution < 1.29 is 4.79 Å². The normalized spacial score (nSPS) is 10.5. The Balaban J connectivity index is 3.71. The van der Waals surface area contributed by atoms with Crippen LogP contribution in [0.3, 0.4) is 0 Å². The zero-order valence-electron chi connectivity index (χ0n) is 6.29. The smallest absolute Gasteiger partial charge is 0.254 e. The lowest BCUT2D eigenvalue weighted by atomic mass is 10.4. The highest BCUT2D eigenvalue weighted by Gasteiger charge is 1.95. The second-order valence-electron chi connectivity index (χ2n) is 1.92. The molecule has 0 spiro atoms. The minimum atomic E-state index is -0.416. The second-order valence-corrected chi connectivity index (χ2v) is 1.92. The first-order valence-electron chi connectivity index (χ1n) is 3.09. The number of rotatable bonds is 3. The molecule has 0 aliphatic carbocycles. The first-order valence-corrected chi connectivity index (χ1v) is 3.09. The minimum Gasteiger partial charge on any atom is -0.325 e. The van der Waals surface area contributed by atoms with Crippen LogP contribution in [0.2, 0.25) is 0 Å². The molecule has 0 aromatic heterocycles. The Morgan fingerprint density at radius 2 is 2.45 bits per heavy atom. The van der Waals surface area contributed by atoms with Crippen molar-refractivity contribution in [2.75, 3.05) is 6.54 Å². The van der Waals surface area contributed by atoms with Crippen molar-refractivity contribution in [1.29, 1.82) is 5.26 Å². The van der Waals surface area contributed by atoms with Gasteiger partial charge in [0.15, 0.2) is 0 Å². The first kappa shape index (κ1) is 9.59. The van der Waals surface area contributed by atoms with E-state index in [1.165, 1.54) is 0 Å². The average molecular weight is 154 g/mol. The predicted octanol–water partition coefficient (Wildman–Crippen LogP) is -0.649. The number of amides is 1. The van der Waals surface area contributed by atoms with Crippen LogP contribution in [0.15, 0.2) is 5.10 Å². The SMILES string of the molecule is CC(CN)=NNC(=O)CC#N. The molecule has 0 unspecified atom stereocenters. The number of nitriles is 1. The van der Waals surface area contributed by atoms with Crippen molar-refractivity contribution in [1.82, 2.24) is 5.43 Å². The molecule has 0 radical (unpaired) electrons. The minimum absolute atomic E-state index is 0.179. The molecular weight excluding hydrogens is 144 g/mol. The van der Waals surface area contributed by atoms with Gasteiger partial charge in [0.2, 0.25) is 0 Å². The van der Waals surface area contributed by atoms with E-state index in [2.05, 4.69) is 10.5 Å². The van der Waals surface area contributed by atoms with Gasteiger partial charge in [-0.1, -0.05) is 0 Å². The lowest BCUT2D eigenvalue weighted by molar-refractivity contribution is -0.120. The van der Waals surface area contributed by atoms with E-state index in [1.807, 2.05) is 0 Å². The number of carbonyl (C=O) groups is 1. The number of nitrogens with two attached hydrogens (primary N) is 1. The zero-order valence-corrected chi connectivity index (χ0v) is 6.29. The van der Waals surface area contributed by atoms with Gasteiger partial charge >= 0.3 is 0 Å². The Hall–Kier alpha value is -1.41. The molecule has 0 rings (SSSR count). The summed E-state index contributed by atoms with van der Waals surface area (Å²) < 4.78 is 0. The van der Waals surface area contributed by atoms with Crippen LogP contribution < -0.4 is 11.2 Å². The van der Waals surface area contributed by atoms with E-state index in [0.717, 1.165) is 0 Å². The summed E-state index contributed by atoms with van der Waals surface area (Å²) in [6.45, 7) is 1.99. The van der Waals surface area contributed by atoms with Crippen molar-refractivity contribution in [3.05, 3.63) is 0 Å². The fourth-order valence-corrected chi connectivity index (χ4v) is 0.315. The molecule has 0 aromatic rings. The van der Waals surface area contributed by atoms with Crippen molar-refractivity contribution >= 4 is 11.6 Å². The molecule has 0 fully saturated rings. The molecule has 0 aromatic carbocycles. The van der Waals surface area contributed by atoms with Crippen LogP contribution >= 0.6 is 0 Å². The van der Waals surface area contributed by atoms with Crippen LogP contribution in [0.4, 0.5) is 0 Å². The van der Waals surface area contributed by atoms with Crippen LogP contribution in [0.25, 0.3) is 0 Å². The van der Waals surface area contributed by atoms with E-state index < -0.39 is 5.91 Å². The first-order chi connectivity index (χ1) is 5.20. The predicted molar refractivity (Wildman–Crippen MR) is 40.5 cm³/mol. The highest BCUT2D eigenvalue weighted by molar-refractivity contribution is 5.86. The quantitative estimate of drug-likeness (QED) is 0.418. The van der Waals surface area contributed by atoms with Gasteiger partial charge in [-0.2, -0.15) is 10.4 Å². The summed E-state index contributed by atoms with van der Waals surface area (Å²) in [5, 5.41) is 11.7. The maximum Gasteiger partial charge on any atom is 0.254 e. The highest BCUT2D eigenvalue weighted by atomic mass is 16.2. The molecule has 0 aliphatic rings. The number of hydrogen-bond acceptors (Lipinski definition) is 4. The molecule has 0 bridgehead atoms. The van der Waals surface area contributed by atoms with E-state index in [4.69, 9.17) is 11.0 Å². The molecule has 0 heterocycles. The fourth-order valence-electron chi connectivity index (χ4n) is 0.315. The highest BCUT2D eigenvalue weighted by Crippen LogP contribution is 1.76. The van der Waals surface area contributed by atoms with E-state index in [9.17, 15) is 4.79 Å². The standard InChI is InChI=1S/C6H10N4O/c1-5(4-8)9-10-6(11)2-3-7/h2,4,8H2,1H3,(H,10,11). The van der Waals surface area contributed by atoms with Gasteiger partial charge in [-0.15, -0.1) is 0 Å². The third-order valence-electron chi connectivity index (χ3n) is 0.906. The molecule has 5 nitrogen and oxygen atoms in total. The number of hydrogen-bond donors (Lipinski definition) is 2. The summed E-state index contributed by atoms with van der Waals surface area (Å²) in [7, 11) is 0. The number of nitrogens with zero attached hydrogens (tertiary/aromatic N) is 2. The summed E-state index contributed by atoms with van der Waals surface area (Å²) in [6, 6.07) is 1.70. The molecule has 0 saturated carbocycles. The van der Waals surface area contributed by atoms with Gasteiger partial charge in [0.05, 0.1) is 6.07 Å². The summed E-state index contributed by atoms with van der Waals surface area (Å²) in [5.41, 5.74) is 7.99. The maximum absolute atomic E-state index is 10.6. The monoisotopic (exact) mass is 154 g/mol. The molecule has 11 heavy (non-hydrogen) atoms. The Bertz CT molecular complexity index is 203. The van der Waals surface area contributed by atoms with Crippen LogP contribution in [0.5, 0.6) is 0 Å². The zero-order chi connectivity index (χ0) is 8.69. The Morgan fingerprint density at radius 3 is 2.91 bits per heavy atom. The largest absolute Gasteiger partial charge is 0.325 e. The lowest BCUT2D eigenvalue weighted by Gasteiger charge is -1.95. The molecular formula is C6H10N4O. The number of hydrazone groups is 1. The molecule has 0 atom stereocenters. The molecule has 1 amide bonds. The van der Waals surface area contributed by atoms with Gasteiger partial charge < -0.3 is 5.73 Å². The van der Waals surface area contributed by atoms with Gasteiger partial charge in [0.25, 0.3) is 5.91 Å². The van der Waals surface area contributed by atoms with Crippen LogP contribution in [0.1, 0.15) is 13.3 Å². The van der Waals surface area contributed by atoms with E-state index in [1.54, 1.807) is 13.0 Å². The van der Waals surface area contributed by atoms with Crippen LogP contribution in [-0.2, 0) is 4.79 Å². The molecule has 5 heteroatoms. The summed E-state index contributed by atoms with van der Waals surface area (Å²) in [6.07, 6.45) is -0.179. The molecule has 0 aliphatic heterocycles. The van der Waals surface area contributed by atoms with Gasteiger partial charge in [0, 0.05) is 12.3 Å². The van der Waals surface area contributed by atoms with Crippen LogP contribution in [-0.4, -0.2) is 18.2 Å². The maximum atomic E-state index is 10.6. The van der Waals surface area contributed by atoms with Crippen molar-refractivity contribution in [3.63, 3.8) is 0 Å². The molecule has 60 valence electrons. The fraction of sp³-hybridized carbons (Fsp3) is 0.500. The van der Waals surface area contributed by atoms with Gasteiger partial charge in [-0.3, -0.25) is 4.79 Å². The van der Waals surface area contributed by atoms with Gasteiger partial charge in [-0.05, 0) is 6.92 Å². The summed E-state index contributed by atoms with van der Waals surface area (Å²) >= 11 is 0. The van der Waals surface area contributed by atoms with Gasteiger partial charge in [-0.25, -0.2) is 5.43 Å².